The topological polar surface area (TPSA) is 151 Å². The van der Waals surface area contributed by atoms with Crippen molar-refractivity contribution in [3.63, 3.8) is 0 Å². The van der Waals surface area contributed by atoms with E-state index in [1.807, 2.05) is 42.6 Å². The first-order valence-electron chi connectivity index (χ1n) is 12.5. The molecule has 1 aromatic carbocycles. The average Bonchev–Trinajstić information content (AvgIpc) is 3.40. The smallest absolute Gasteiger partial charge is 0.258 e. The minimum atomic E-state index is -2.62. The molecular weight excluding hydrogens is 522 g/mol. The van der Waals surface area contributed by atoms with Gasteiger partial charge in [0.15, 0.2) is 11.4 Å². The number of benzene rings is 1. The SMILES string of the molecule is CNC(=O)C1=C(O)[C@@H](N(C)C)[C@@H]2C[C@@H]3Cc4c(N(C)C)cc(-c5cccs5)c(O)c4C(=O)C3=C(O)[C@]2(O)C1=O. The van der Waals surface area contributed by atoms with Gasteiger partial charge in [-0.2, -0.15) is 0 Å². The molecule has 11 heteroatoms. The summed E-state index contributed by atoms with van der Waals surface area (Å²) in [6.07, 6.45) is 0.320. The zero-order valence-electron chi connectivity index (χ0n) is 22.3. The number of anilines is 1. The second-order valence-corrected chi connectivity index (χ2v) is 11.6. The number of aliphatic hydroxyl groups is 3. The number of thiophene rings is 1. The molecule has 0 spiro atoms. The van der Waals surface area contributed by atoms with E-state index in [9.17, 15) is 34.8 Å². The van der Waals surface area contributed by atoms with Crippen LogP contribution in [0.15, 0.2) is 46.2 Å². The maximum absolute atomic E-state index is 14.1. The highest BCUT2D eigenvalue weighted by molar-refractivity contribution is 7.13. The van der Waals surface area contributed by atoms with Crippen molar-refractivity contribution in [2.45, 2.75) is 24.5 Å². The second-order valence-electron chi connectivity index (χ2n) is 10.7. The Morgan fingerprint density at radius 1 is 1.15 bits per heavy atom. The van der Waals surface area contributed by atoms with Gasteiger partial charge in [0, 0.05) is 48.8 Å². The summed E-state index contributed by atoms with van der Waals surface area (Å²) in [6, 6.07) is 4.51. The molecule has 0 saturated carbocycles. The summed E-state index contributed by atoms with van der Waals surface area (Å²) in [6.45, 7) is 0. The van der Waals surface area contributed by atoms with Gasteiger partial charge in [0.05, 0.1) is 11.6 Å². The molecule has 5 rings (SSSR count). The van der Waals surface area contributed by atoms with Crippen molar-refractivity contribution in [2.75, 3.05) is 40.1 Å². The largest absolute Gasteiger partial charge is 0.510 e. The molecule has 2 aromatic rings. The Balaban J connectivity index is 1.75. The first kappa shape index (κ1) is 26.9. The lowest BCUT2D eigenvalue weighted by Gasteiger charge is -2.50. The van der Waals surface area contributed by atoms with Gasteiger partial charge in [0.25, 0.3) is 5.91 Å². The summed E-state index contributed by atoms with van der Waals surface area (Å²) in [5.74, 6) is -5.98. The Morgan fingerprint density at radius 3 is 2.41 bits per heavy atom. The highest BCUT2D eigenvalue weighted by atomic mass is 32.1. The van der Waals surface area contributed by atoms with Crippen molar-refractivity contribution in [1.82, 2.24) is 10.2 Å². The predicted molar refractivity (Wildman–Crippen MR) is 146 cm³/mol. The molecule has 5 N–H and O–H groups in total. The molecule has 206 valence electrons. The van der Waals surface area contributed by atoms with Crippen LogP contribution in [0.5, 0.6) is 5.75 Å². The fourth-order valence-electron chi connectivity index (χ4n) is 6.42. The van der Waals surface area contributed by atoms with E-state index in [1.54, 1.807) is 19.0 Å². The number of rotatable bonds is 4. The molecule has 3 aliphatic carbocycles. The summed E-state index contributed by atoms with van der Waals surface area (Å²) in [5, 5.41) is 49.9. The van der Waals surface area contributed by atoms with Crippen molar-refractivity contribution < 1.29 is 34.8 Å². The molecule has 4 atom stereocenters. The number of Topliss-reactive ketones (excluding diaryl/α,β-unsaturated/α-hetero) is 2. The summed E-state index contributed by atoms with van der Waals surface area (Å²) in [7, 11) is 8.21. The molecule has 0 fully saturated rings. The van der Waals surface area contributed by atoms with Gasteiger partial charge in [0.1, 0.15) is 22.8 Å². The van der Waals surface area contributed by atoms with E-state index in [-0.39, 0.29) is 29.7 Å². The molecule has 1 heterocycles. The zero-order chi connectivity index (χ0) is 28.5. The van der Waals surface area contributed by atoms with Gasteiger partial charge in [-0.1, -0.05) is 6.07 Å². The summed E-state index contributed by atoms with van der Waals surface area (Å²) in [5.41, 5.74) is -1.63. The lowest BCUT2D eigenvalue weighted by atomic mass is 9.58. The summed E-state index contributed by atoms with van der Waals surface area (Å²) >= 11 is 1.40. The van der Waals surface area contributed by atoms with Crippen LogP contribution < -0.4 is 10.2 Å². The normalized spacial score (nSPS) is 26.4. The number of nitrogens with zero attached hydrogens (tertiary/aromatic N) is 2. The molecular formula is C28H31N3O7S. The number of hydrogen-bond donors (Lipinski definition) is 5. The van der Waals surface area contributed by atoms with Crippen LogP contribution in [-0.2, 0) is 16.0 Å². The summed E-state index contributed by atoms with van der Waals surface area (Å²) < 4.78 is 0. The van der Waals surface area contributed by atoms with Crippen LogP contribution in [-0.4, -0.2) is 89.7 Å². The number of nitrogens with one attached hydrogen (secondary N) is 1. The van der Waals surface area contributed by atoms with E-state index >= 15 is 0 Å². The highest BCUT2D eigenvalue weighted by Crippen LogP contribution is 2.54. The summed E-state index contributed by atoms with van der Waals surface area (Å²) in [4.78, 5) is 44.5. The number of carbonyl (C=O) groups is 3. The Bertz CT molecular complexity index is 1470. The Morgan fingerprint density at radius 2 is 1.85 bits per heavy atom. The average molecular weight is 554 g/mol. The number of hydrogen-bond acceptors (Lipinski definition) is 10. The van der Waals surface area contributed by atoms with Crippen molar-refractivity contribution in [3.8, 4) is 16.2 Å². The first-order chi connectivity index (χ1) is 18.4. The third-order valence-corrected chi connectivity index (χ3v) is 9.08. The van der Waals surface area contributed by atoms with E-state index in [0.717, 1.165) is 10.6 Å². The number of phenolic OH excluding ortho intramolecular Hbond substituents is 1. The number of likely N-dealkylation sites (N-methyl/N-ethyl adjacent to an activating group) is 2. The van der Waals surface area contributed by atoms with Crippen molar-refractivity contribution >= 4 is 34.5 Å². The second kappa shape index (κ2) is 9.22. The Labute approximate surface area is 229 Å². The van der Waals surface area contributed by atoms with E-state index in [2.05, 4.69) is 5.32 Å². The zero-order valence-corrected chi connectivity index (χ0v) is 23.1. The van der Waals surface area contributed by atoms with E-state index in [1.165, 1.54) is 18.4 Å². The molecule has 1 aromatic heterocycles. The molecule has 3 aliphatic rings. The third kappa shape index (κ3) is 3.64. The van der Waals surface area contributed by atoms with Gasteiger partial charge in [-0.25, -0.2) is 0 Å². The number of amides is 1. The van der Waals surface area contributed by atoms with Crippen LogP contribution >= 0.6 is 11.3 Å². The van der Waals surface area contributed by atoms with Gasteiger partial charge in [-0.15, -0.1) is 11.3 Å². The maximum atomic E-state index is 14.1. The monoisotopic (exact) mass is 553 g/mol. The van der Waals surface area contributed by atoms with E-state index in [4.69, 9.17) is 0 Å². The minimum absolute atomic E-state index is 0.0155. The fraction of sp³-hybridized carbons (Fsp3) is 0.393. The number of phenols is 1. The number of aliphatic hydroxyl groups excluding tert-OH is 2. The van der Waals surface area contributed by atoms with Crippen LogP contribution in [0, 0.1) is 11.8 Å². The Hall–Kier alpha value is -3.67. The Kier molecular flexibility index (Phi) is 6.36. The highest BCUT2D eigenvalue weighted by Gasteiger charge is 2.63. The quantitative estimate of drug-likeness (QED) is 0.359. The predicted octanol–water partition coefficient (Wildman–Crippen LogP) is 2.18. The number of carbonyl (C=O) groups excluding carboxylic acids is 3. The lowest BCUT2D eigenvalue weighted by Crippen LogP contribution is -2.64. The van der Waals surface area contributed by atoms with Gasteiger partial charge >= 0.3 is 0 Å². The molecule has 0 aliphatic heterocycles. The minimum Gasteiger partial charge on any atom is -0.510 e. The number of ketones is 2. The van der Waals surface area contributed by atoms with Crippen LogP contribution in [0.4, 0.5) is 5.69 Å². The molecule has 0 unspecified atom stereocenters. The van der Waals surface area contributed by atoms with Gasteiger partial charge < -0.3 is 30.6 Å². The third-order valence-electron chi connectivity index (χ3n) is 8.18. The molecule has 1 amide bonds. The number of allylic oxidation sites excluding steroid dienone is 1. The fourth-order valence-corrected chi connectivity index (χ4v) is 7.17. The van der Waals surface area contributed by atoms with Gasteiger partial charge in [0.2, 0.25) is 5.78 Å². The molecule has 0 bridgehead atoms. The molecule has 0 saturated heterocycles. The number of aromatic hydroxyl groups is 1. The van der Waals surface area contributed by atoms with Gasteiger partial charge in [-0.3, -0.25) is 19.3 Å². The first-order valence-corrected chi connectivity index (χ1v) is 13.4. The van der Waals surface area contributed by atoms with Crippen LogP contribution in [0.1, 0.15) is 22.3 Å². The van der Waals surface area contributed by atoms with Crippen LogP contribution in [0.2, 0.25) is 0 Å². The van der Waals surface area contributed by atoms with E-state index < -0.39 is 58.0 Å². The van der Waals surface area contributed by atoms with Crippen molar-refractivity contribution in [3.05, 3.63) is 57.4 Å². The van der Waals surface area contributed by atoms with Crippen molar-refractivity contribution in [1.29, 1.82) is 0 Å². The molecule has 39 heavy (non-hydrogen) atoms. The van der Waals surface area contributed by atoms with Gasteiger partial charge in [-0.05, 0) is 55.9 Å². The van der Waals surface area contributed by atoms with Crippen LogP contribution in [0.3, 0.4) is 0 Å². The standard InChI is InChI=1S/C28H31N3O7S/c1-29-27(37)20-24(34)21(31(4)5)15-10-12-9-13-16(30(2)3)11-14(17-7-6-8-39-17)22(32)19(13)23(33)18(12)25(35)28(15,38)26(20)36/h6-8,11-12,15,21,32,34-35,38H,9-10H2,1-5H3,(H,29,37)/t12-,15-,21-,28-/m0/s1. The molecule has 0 radical (unpaired) electrons. The number of fused-ring (bicyclic) bond motifs is 3. The molecule has 10 nitrogen and oxygen atoms in total. The van der Waals surface area contributed by atoms with Crippen molar-refractivity contribution in [2.24, 2.45) is 11.8 Å². The maximum Gasteiger partial charge on any atom is 0.258 e. The van der Waals surface area contributed by atoms with E-state index in [0.29, 0.717) is 11.1 Å². The van der Waals surface area contributed by atoms with Crippen LogP contribution in [0.25, 0.3) is 10.4 Å². The lowest BCUT2D eigenvalue weighted by molar-refractivity contribution is -0.148.